The number of thiocarbonyl (C=S) groups is 1. The topological polar surface area (TPSA) is 15.3 Å². The third-order valence-electron chi connectivity index (χ3n) is 3.44. The summed E-state index contributed by atoms with van der Waals surface area (Å²) in [6.07, 6.45) is 5.00. The number of rotatable bonds is 2. The molecule has 98 valence electrons. The Balaban J connectivity index is 2.02. The second kappa shape index (κ2) is 6.53. The van der Waals surface area contributed by atoms with Gasteiger partial charge in [0.15, 0.2) is 5.11 Å². The van der Waals surface area contributed by atoms with Crippen LogP contribution in [0.3, 0.4) is 0 Å². The van der Waals surface area contributed by atoms with E-state index in [0.29, 0.717) is 6.04 Å². The van der Waals surface area contributed by atoms with Crippen molar-refractivity contribution in [2.24, 2.45) is 0 Å². The zero-order valence-electron chi connectivity index (χ0n) is 10.7. The molecule has 1 aliphatic heterocycles. The van der Waals surface area contributed by atoms with Crippen LogP contribution < -0.4 is 5.32 Å². The highest BCUT2D eigenvalue weighted by molar-refractivity contribution is 9.10. The smallest absolute Gasteiger partial charge is 0.173 e. The summed E-state index contributed by atoms with van der Waals surface area (Å²) < 4.78 is 1.07. The first-order valence-corrected chi connectivity index (χ1v) is 7.74. The predicted octanol–water partition coefficient (Wildman–Crippen LogP) is 4.41. The molecule has 0 aromatic heterocycles. The van der Waals surface area contributed by atoms with Gasteiger partial charge in [-0.1, -0.05) is 28.9 Å². The van der Waals surface area contributed by atoms with Crippen LogP contribution in [-0.2, 0) is 0 Å². The maximum absolute atomic E-state index is 5.54. The Kier molecular flexibility index (Phi) is 5.01. The summed E-state index contributed by atoms with van der Waals surface area (Å²) in [5.41, 5.74) is 1.05. The second-order valence-corrected chi connectivity index (χ2v) is 5.99. The van der Waals surface area contributed by atoms with Crippen LogP contribution in [0.1, 0.15) is 32.6 Å². The van der Waals surface area contributed by atoms with Gasteiger partial charge in [-0.3, -0.25) is 0 Å². The fourth-order valence-electron chi connectivity index (χ4n) is 2.45. The van der Waals surface area contributed by atoms with Crippen LogP contribution in [0, 0.1) is 0 Å². The SMILES string of the molecule is CC[C@H]1CCCCN1C(=S)Nc1cccc(Br)c1. The molecule has 0 radical (unpaired) electrons. The van der Waals surface area contributed by atoms with Crippen molar-refractivity contribution < 1.29 is 0 Å². The summed E-state index contributed by atoms with van der Waals surface area (Å²) in [6.45, 7) is 3.32. The fourth-order valence-corrected chi connectivity index (χ4v) is 3.21. The van der Waals surface area contributed by atoms with Gasteiger partial charge in [-0.15, -0.1) is 0 Å². The molecule has 1 aliphatic rings. The van der Waals surface area contributed by atoms with Crippen LogP contribution in [0.15, 0.2) is 28.7 Å². The quantitative estimate of drug-likeness (QED) is 0.810. The molecule has 1 heterocycles. The lowest BCUT2D eigenvalue weighted by Gasteiger charge is -2.37. The first-order chi connectivity index (χ1) is 8.70. The Morgan fingerprint density at radius 2 is 2.33 bits per heavy atom. The summed E-state index contributed by atoms with van der Waals surface area (Å²) in [5, 5.41) is 4.20. The van der Waals surface area contributed by atoms with E-state index in [1.54, 1.807) is 0 Å². The zero-order chi connectivity index (χ0) is 13.0. The molecule has 0 spiro atoms. The fraction of sp³-hybridized carbons (Fsp3) is 0.500. The molecule has 1 aromatic carbocycles. The third kappa shape index (κ3) is 3.45. The summed E-state index contributed by atoms with van der Waals surface area (Å²) >= 11 is 9.02. The van der Waals surface area contributed by atoms with Gasteiger partial charge in [0.1, 0.15) is 0 Å². The number of likely N-dealkylation sites (tertiary alicyclic amines) is 1. The van der Waals surface area contributed by atoms with Gasteiger partial charge in [0.05, 0.1) is 0 Å². The van der Waals surface area contributed by atoms with Crippen molar-refractivity contribution >= 4 is 38.9 Å². The molecule has 0 saturated carbocycles. The van der Waals surface area contributed by atoms with Gasteiger partial charge >= 0.3 is 0 Å². The van der Waals surface area contributed by atoms with E-state index in [1.165, 1.54) is 25.7 Å². The zero-order valence-corrected chi connectivity index (χ0v) is 13.1. The lowest BCUT2D eigenvalue weighted by atomic mass is 10.0. The van der Waals surface area contributed by atoms with E-state index in [9.17, 15) is 0 Å². The van der Waals surface area contributed by atoms with Crippen LogP contribution in [0.4, 0.5) is 5.69 Å². The highest BCUT2D eigenvalue weighted by Crippen LogP contribution is 2.22. The minimum absolute atomic E-state index is 0.603. The van der Waals surface area contributed by atoms with E-state index in [1.807, 2.05) is 18.2 Å². The summed E-state index contributed by atoms with van der Waals surface area (Å²) in [7, 11) is 0. The first kappa shape index (κ1) is 13.8. The molecule has 0 amide bonds. The van der Waals surface area contributed by atoms with E-state index in [2.05, 4.69) is 39.1 Å². The Morgan fingerprint density at radius 3 is 3.06 bits per heavy atom. The molecule has 0 bridgehead atoms. The van der Waals surface area contributed by atoms with Crippen molar-refractivity contribution in [3.05, 3.63) is 28.7 Å². The largest absolute Gasteiger partial charge is 0.346 e. The van der Waals surface area contributed by atoms with Gasteiger partial charge in [0, 0.05) is 22.7 Å². The van der Waals surface area contributed by atoms with E-state index < -0.39 is 0 Å². The number of nitrogens with one attached hydrogen (secondary N) is 1. The van der Waals surface area contributed by atoms with Crippen molar-refractivity contribution in [3.8, 4) is 0 Å². The molecule has 1 N–H and O–H groups in total. The number of halogens is 1. The summed E-state index contributed by atoms with van der Waals surface area (Å²) in [4.78, 5) is 2.35. The summed E-state index contributed by atoms with van der Waals surface area (Å²) in [5.74, 6) is 0. The van der Waals surface area contributed by atoms with Gasteiger partial charge in [-0.2, -0.15) is 0 Å². The van der Waals surface area contributed by atoms with Gasteiger partial charge in [-0.05, 0) is 56.1 Å². The van der Waals surface area contributed by atoms with E-state index in [0.717, 1.165) is 21.8 Å². The molecular weight excluding hydrogens is 308 g/mol. The van der Waals surface area contributed by atoms with Crippen LogP contribution in [-0.4, -0.2) is 22.6 Å². The van der Waals surface area contributed by atoms with Gasteiger partial charge in [-0.25, -0.2) is 0 Å². The highest BCUT2D eigenvalue weighted by Gasteiger charge is 2.22. The van der Waals surface area contributed by atoms with E-state index >= 15 is 0 Å². The average molecular weight is 327 g/mol. The first-order valence-electron chi connectivity index (χ1n) is 6.54. The van der Waals surface area contributed by atoms with Crippen LogP contribution in [0.25, 0.3) is 0 Å². The molecular formula is C14H19BrN2S. The van der Waals surface area contributed by atoms with E-state index in [-0.39, 0.29) is 0 Å². The number of anilines is 1. The third-order valence-corrected chi connectivity index (χ3v) is 4.26. The Labute approximate surface area is 123 Å². The lowest BCUT2D eigenvalue weighted by molar-refractivity contribution is 0.239. The lowest BCUT2D eigenvalue weighted by Crippen LogP contribution is -2.45. The molecule has 18 heavy (non-hydrogen) atoms. The standard InChI is InChI=1S/C14H19BrN2S/c1-2-13-8-3-4-9-17(13)14(18)16-12-7-5-6-11(15)10-12/h5-7,10,13H,2-4,8-9H2,1H3,(H,16,18)/t13-/m0/s1. The number of hydrogen-bond donors (Lipinski definition) is 1. The molecule has 1 saturated heterocycles. The Morgan fingerprint density at radius 1 is 1.50 bits per heavy atom. The van der Waals surface area contributed by atoms with Crippen molar-refractivity contribution in [2.45, 2.75) is 38.6 Å². The number of hydrogen-bond acceptors (Lipinski definition) is 1. The molecule has 0 aliphatic carbocycles. The normalized spacial score (nSPS) is 19.7. The number of benzene rings is 1. The minimum Gasteiger partial charge on any atom is -0.346 e. The maximum atomic E-state index is 5.54. The maximum Gasteiger partial charge on any atom is 0.173 e. The molecule has 1 aromatic rings. The molecule has 0 unspecified atom stereocenters. The van der Waals surface area contributed by atoms with Crippen LogP contribution in [0.2, 0.25) is 0 Å². The van der Waals surface area contributed by atoms with Crippen molar-refractivity contribution in [3.63, 3.8) is 0 Å². The van der Waals surface area contributed by atoms with Crippen LogP contribution in [0.5, 0.6) is 0 Å². The monoisotopic (exact) mass is 326 g/mol. The van der Waals surface area contributed by atoms with Crippen LogP contribution >= 0.6 is 28.1 Å². The number of nitrogens with zero attached hydrogens (tertiary/aromatic N) is 1. The van der Waals surface area contributed by atoms with Crippen molar-refractivity contribution in [1.29, 1.82) is 0 Å². The van der Waals surface area contributed by atoms with E-state index in [4.69, 9.17) is 12.2 Å². The van der Waals surface area contributed by atoms with Gasteiger partial charge in [0.2, 0.25) is 0 Å². The Hall–Kier alpha value is -0.610. The van der Waals surface area contributed by atoms with Crippen molar-refractivity contribution in [1.82, 2.24) is 4.90 Å². The molecule has 1 atom stereocenters. The minimum atomic E-state index is 0.603. The molecule has 2 nitrogen and oxygen atoms in total. The van der Waals surface area contributed by atoms with Crippen molar-refractivity contribution in [2.75, 3.05) is 11.9 Å². The van der Waals surface area contributed by atoms with Gasteiger partial charge < -0.3 is 10.2 Å². The summed E-state index contributed by atoms with van der Waals surface area (Å²) in [6, 6.07) is 8.73. The second-order valence-electron chi connectivity index (χ2n) is 4.69. The average Bonchev–Trinajstić information content (AvgIpc) is 2.38. The molecule has 1 fully saturated rings. The highest BCUT2D eigenvalue weighted by atomic mass is 79.9. The predicted molar refractivity (Wildman–Crippen MR) is 85.0 cm³/mol. The van der Waals surface area contributed by atoms with Gasteiger partial charge in [0.25, 0.3) is 0 Å². The molecule has 2 rings (SSSR count). The number of piperidine rings is 1. The molecule has 4 heteroatoms. The Bertz CT molecular complexity index is 422.